The Morgan fingerprint density at radius 3 is 2.42 bits per heavy atom. The van der Waals surface area contributed by atoms with E-state index >= 15 is 0 Å². The summed E-state index contributed by atoms with van der Waals surface area (Å²) in [4.78, 5) is 12.3. The first-order valence-corrected chi connectivity index (χ1v) is 9.77. The number of amides is 1. The van der Waals surface area contributed by atoms with Crippen molar-refractivity contribution in [3.8, 4) is 0 Å². The molecule has 0 bridgehead atoms. The molecule has 0 fully saturated rings. The molecule has 8 heteroatoms. The summed E-state index contributed by atoms with van der Waals surface area (Å²) in [6, 6.07) is 12.9. The largest absolute Gasteiger partial charge is 0.383 e. The highest BCUT2D eigenvalue weighted by molar-refractivity contribution is 7.92. The van der Waals surface area contributed by atoms with E-state index in [4.69, 9.17) is 16.3 Å². The van der Waals surface area contributed by atoms with E-state index < -0.39 is 15.9 Å². The van der Waals surface area contributed by atoms with Gasteiger partial charge in [-0.1, -0.05) is 29.8 Å². The molecule has 0 atom stereocenters. The van der Waals surface area contributed by atoms with Crippen molar-refractivity contribution in [1.82, 2.24) is 5.32 Å². The van der Waals surface area contributed by atoms with Gasteiger partial charge in [0.1, 0.15) is 6.54 Å². The number of sulfonamides is 1. The molecule has 0 aliphatic rings. The molecule has 0 radical (unpaired) electrons. The van der Waals surface area contributed by atoms with Crippen molar-refractivity contribution < 1.29 is 17.9 Å². The van der Waals surface area contributed by atoms with Crippen molar-refractivity contribution in [2.24, 2.45) is 0 Å². The number of hydrogen-bond acceptors (Lipinski definition) is 4. The van der Waals surface area contributed by atoms with Crippen LogP contribution in [0.25, 0.3) is 0 Å². The Hall–Kier alpha value is -2.09. The van der Waals surface area contributed by atoms with Gasteiger partial charge in [0.05, 0.1) is 17.2 Å². The van der Waals surface area contributed by atoms with E-state index in [9.17, 15) is 13.2 Å². The summed E-state index contributed by atoms with van der Waals surface area (Å²) in [5, 5.41) is 3.08. The number of nitrogens with zero attached hydrogens (tertiary/aromatic N) is 1. The fourth-order valence-electron chi connectivity index (χ4n) is 2.36. The number of anilines is 1. The Labute approximate surface area is 158 Å². The van der Waals surface area contributed by atoms with Crippen LogP contribution in [0, 0.1) is 6.92 Å². The Morgan fingerprint density at radius 1 is 1.15 bits per heavy atom. The number of nitrogens with one attached hydrogen (secondary N) is 1. The molecule has 1 N–H and O–H groups in total. The van der Waals surface area contributed by atoms with Gasteiger partial charge in [0.2, 0.25) is 5.91 Å². The summed E-state index contributed by atoms with van der Waals surface area (Å²) in [6.07, 6.45) is 0. The first kappa shape index (κ1) is 20.2. The van der Waals surface area contributed by atoms with Crippen LogP contribution in [-0.2, 0) is 19.6 Å². The highest BCUT2D eigenvalue weighted by Crippen LogP contribution is 2.27. The average molecular weight is 397 g/mol. The maximum Gasteiger partial charge on any atom is 0.264 e. The van der Waals surface area contributed by atoms with E-state index in [1.54, 1.807) is 25.1 Å². The second-order valence-corrected chi connectivity index (χ2v) is 7.89. The summed E-state index contributed by atoms with van der Waals surface area (Å²) in [5.74, 6) is -0.414. The van der Waals surface area contributed by atoms with Crippen LogP contribution in [0.1, 0.15) is 5.56 Å². The Bertz CT molecular complexity index is 854. The molecule has 0 unspecified atom stereocenters. The van der Waals surface area contributed by atoms with E-state index in [1.165, 1.54) is 31.4 Å². The number of carbonyl (C=O) groups excluding carboxylic acids is 1. The van der Waals surface area contributed by atoms with Gasteiger partial charge in [0.25, 0.3) is 10.0 Å². The predicted octanol–water partition coefficient (Wildman–Crippen LogP) is 2.61. The minimum Gasteiger partial charge on any atom is -0.383 e. The smallest absolute Gasteiger partial charge is 0.264 e. The van der Waals surface area contributed by atoms with Gasteiger partial charge in [0.15, 0.2) is 0 Å². The van der Waals surface area contributed by atoms with Crippen LogP contribution in [0.3, 0.4) is 0 Å². The average Bonchev–Trinajstić information content (AvgIpc) is 2.61. The number of carbonyl (C=O) groups is 1. The van der Waals surface area contributed by atoms with Crippen LogP contribution in [0.2, 0.25) is 5.02 Å². The molecule has 0 aromatic heterocycles. The van der Waals surface area contributed by atoms with Gasteiger partial charge in [-0.25, -0.2) is 8.42 Å². The topological polar surface area (TPSA) is 75.7 Å². The van der Waals surface area contributed by atoms with Crippen LogP contribution in [0.4, 0.5) is 5.69 Å². The lowest BCUT2D eigenvalue weighted by molar-refractivity contribution is -0.119. The number of halogens is 1. The standard InChI is InChI=1S/C18H21ClN2O4S/c1-14-5-3-4-6-17(14)21(13-18(22)20-11-12-25-2)26(23,24)16-9-7-15(19)8-10-16/h3-10H,11-13H2,1-2H3,(H,20,22). The predicted molar refractivity (Wildman–Crippen MR) is 102 cm³/mol. The van der Waals surface area contributed by atoms with Crippen molar-refractivity contribution in [3.63, 3.8) is 0 Å². The van der Waals surface area contributed by atoms with E-state index in [0.717, 1.165) is 9.87 Å². The molecular formula is C18H21ClN2O4S. The van der Waals surface area contributed by atoms with Gasteiger partial charge in [0, 0.05) is 18.7 Å². The summed E-state index contributed by atoms with van der Waals surface area (Å²) in [5.41, 5.74) is 1.19. The third kappa shape index (κ3) is 4.97. The lowest BCUT2D eigenvalue weighted by atomic mass is 10.2. The van der Waals surface area contributed by atoms with Crippen molar-refractivity contribution in [2.75, 3.05) is 31.1 Å². The number of hydrogen-bond donors (Lipinski definition) is 1. The second-order valence-electron chi connectivity index (χ2n) is 5.59. The monoisotopic (exact) mass is 396 g/mol. The van der Waals surface area contributed by atoms with Gasteiger partial charge in [-0.05, 0) is 42.8 Å². The molecule has 2 rings (SSSR count). The minimum atomic E-state index is -3.94. The quantitative estimate of drug-likeness (QED) is 0.696. The van der Waals surface area contributed by atoms with E-state index in [-0.39, 0.29) is 11.4 Å². The first-order valence-electron chi connectivity index (χ1n) is 7.96. The van der Waals surface area contributed by atoms with Crippen LogP contribution in [0.5, 0.6) is 0 Å². The van der Waals surface area contributed by atoms with Crippen molar-refractivity contribution in [3.05, 3.63) is 59.1 Å². The zero-order valence-electron chi connectivity index (χ0n) is 14.6. The van der Waals surface area contributed by atoms with Crippen molar-refractivity contribution >= 4 is 33.2 Å². The maximum atomic E-state index is 13.1. The molecular weight excluding hydrogens is 376 g/mol. The van der Waals surface area contributed by atoms with Gasteiger partial charge >= 0.3 is 0 Å². The number of aryl methyl sites for hydroxylation is 1. The summed E-state index contributed by atoms with van der Waals surface area (Å²) in [6.45, 7) is 2.11. The van der Waals surface area contributed by atoms with Gasteiger partial charge < -0.3 is 10.1 Å². The molecule has 6 nitrogen and oxygen atoms in total. The van der Waals surface area contributed by atoms with Crippen LogP contribution < -0.4 is 9.62 Å². The molecule has 26 heavy (non-hydrogen) atoms. The van der Waals surface area contributed by atoms with Crippen LogP contribution in [0.15, 0.2) is 53.4 Å². The molecule has 0 heterocycles. The normalized spacial score (nSPS) is 11.2. The van der Waals surface area contributed by atoms with Crippen molar-refractivity contribution in [2.45, 2.75) is 11.8 Å². The SMILES string of the molecule is COCCNC(=O)CN(c1ccccc1C)S(=O)(=O)c1ccc(Cl)cc1. The van der Waals surface area contributed by atoms with Gasteiger partial charge in [-0.2, -0.15) is 0 Å². The first-order chi connectivity index (χ1) is 12.4. The fraction of sp³-hybridized carbons (Fsp3) is 0.278. The molecule has 0 saturated carbocycles. The summed E-state index contributed by atoms with van der Waals surface area (Å²) < 4.78 is 32.3. The second kappa shape index (κ2) is 9.02. The molecule has 140 valence electrons. The number of ether oxygens (including phenoxy) is 1. The summed E-state index contributed by atoms with van der Waals surface area (Å²) in [7, 11) is -2.41. The van der Waals surface area contributed by atoms with E-state index in [1.807, 2.05) is 6.07 Å². The van der Waals surface area contributed by atoms with E-state index in [2.05, 4.69) is 5.32 Å². The van der Waals surface area contributed by atoms with Crippen molar-refractivity contribution in [1.29, 1.82) is 0 Å². The molecule has 2 aromatic carbocycles. The molecule has 0 spiro atoms. The Kier molecular flexibility index (Phi) is 7.02. The zero-order valence-corrected chi connectivity index (χ0v) is 16.2. The summed E-state index contributed by atoms with van der Waals surface area (Å²) >= 11 is 5.85. The van der Waals surface area contributed by atoms with Gasteiger partial charge in [-0.3, -0.25) is 9.10 Å². The third-order valence-electron chi connectivity index (χ3n) is 3.70. The maximum absolute atomic E-state index is 13.1. The van der Waals surface area contributed by atoms with Crippen LogP contribution >= 0.6 is 11.6 Å². The highest BCUT2D eigenvalue weighted by Gasteiger charge is 2.28. The third-order valence-corrected chi connectivity index (χ3v) is 5.73. The lowest BCUT2D eigenvalue weighted by Gasteiger charge is -2.25. The Balaban J connectivity index is 2.38. The van der Waals surface area contributed by atoms with Gasteiger partial charge in [-0.15, -0.1) is 0 Å². The zero-order chi connectivity index (χ0) is 19.2. The minimum absolute atomic E-state index is 0.0647. The highest BCUT2D eigenvalue weighted by atomic mass is 35.5. The van der Waals surface area contributed by atoms with Crippen LogP contribution in [-0.4, -0.2) is 41.1 Å². The number of benzene rings is 2. The molecule has 0 saturated heterocycles. The molecule has 0 aliphatic heterocycles. The lowest BCUT2D eigenvalue weighted by Crippen LogP contribution is -2.42. The molecule has 1 amide bonds. The molecule has 0 aliphatic carbocycles. The molecule has 2 aromatic rings. The number of rotatable bonds is 8. The number of methoxy groups -OCH3 is 1. The van der Waals surface area contributed by atoms with E-state index in [0.29, 0.717) is 23.9 Å². The number of para-hydroxylation sites is 1. The Morgan fingerprint density at radius 2 is 1.81 bits per heavy atom. The fourth-order valence-corrected chi connectivity index (χ4v) is 3.97.